The smallest absolute Gasteiger partial charge is 0.407 e. The van der Waals surface area contributed by atoms with E-state index >= 15 is 0 Å². The Hall–Kier alpha value is -1.71. The highest BCUT2D eigenvalue weighted by Gasteiger charge is 2.44. The number of rotatable bonds is 5. The fourth-order valence-corrected chi connectivity index (χ4v) is 3.84. The summed E-state index contributed by atoms with van der Waals surface area (Å²) in [7, 11) is 0. The van der Waals surface area contributed by atoms with E-state index in [9.17, 15) is 9.90 Å². The molecular formula is C18H25NO3. The van der Waals surface area contributed by atoms with Gasteiger partial charge in [0, 0.05) is 24.9 Å². The van der Waals surface area contributed by atoms with Gasteiger partial charge < -0.3 is 14.7 Å². The van der Waals surface area contributed by atoms with Crippen molar-refractivity contribution in [2.45, 2.75) is 70.1 Å². The number of ether oxygens (including phenoxy) is 1. The van der Waals surface area contributed by atoms with Gasteiger partial charge in [-0.25, -0.2) is 4.79 Å². The van der Waals surface area contributed by atoms with Gasteiger partial charge in [0.15, 0.2) is 0 Å². The van der Waals surface area contributed by atoms with Gasteiger partial charge in [0.2, 0.25) is 0 Å². The molecule has 2 aliphatic heterocycles. The molecule has 1 amide bonds. The fraction of sp³-hybridized carbons (Fsp3) is 0.611. The third-order valence-corrected chi connectivity index (χ3v) is 4.96. The molecule has 3 rings (SSSR count). The van der Waals surface area contributed by atoms with Gasteiger partial charge in [-0.1, -0.05) is 25.5 Å². The largest absolute Gasteiger partial charge is 0.490 e. The Morgan fingerprint density at radius 3 is 2.41 bits per heavy atom. The molecule has 0 spiro atoms. The molecule has 2 fully saturated rings. The summed E-state index contributed by atoms with van der Waals surface area (Å²) in [6, 6.07) is 8.68. The fourth-order valence-electron chi connectivity index (χ4n) is 3.84. The summed E-state index contributed by atoms with van der Waals surface area (Å²) in [5.74, 6) is 0.911. The van der Waals surface area contributed by atoms with Crippen LogP contribution in [0.3, 0.4) is 0 Å². The van der Waals surface area contributed by atoms with Crippen molar-refractivity contribution >= 4 is 6.09 Å². The molecule has 4 nitrogen and oxygen atoms in total. The van der Waals surface area contributed by atoms with Crippen LogP contribution in [0.4, 0.5) is 4.79 Å². The number of nitrogens with zero attached hydrogens (tertiary/aromatic N) is 1. The number of unbranched alkanes of at least 4 members (excludes halogenated alkanes) is 1. The number of hydrogen-bond donors (Lipinski definition) is 1. The molecule has 0 aromatic heterocycles. The molecule has 0 saturated carbocycles. The molecule has 1 aromatic carbocycles. The summed E-state index contributed by atoms with van der Waals surface area (Å²) >= 11 is 0. The van der Waals surface area contributed by atoms with Crippen molar-refractivity contribution in [2.75, 3.05) is 0 Å². The number of carbonyl (C=O) groups is 1. The van der Waals surface area contributed by atoms with Gasteiger partial charge in [-0.15, -0.1) is 0 Å². The zero-order valence-electron chi connectivity index (χ0n) is 13.2. The monoisotopic (exact) mass is 303 g/mol. The summed E-state index contributed by atoms with van der Waals surface area (Å²) < 4.78 is 6.10. The first-order valence-corrected chi connectivity index (χ1v) is 8.44. The number of hydrogen-bond acceptors (Lipinski definition) is 2. The molecule has 0 radical (unpaired) electrons. The number of benzene rings is 1. The Balaban J connectivity index is 1.57. The van der Waals surface area contributed by atoms with E-state index in [0.717, 1.165) is 37.9 Å². The van der Waals surface area contributed by atoms with Gasteiger partial charge in [0.05, 0.1) is 0 Å². The van der Waals surface area contributed by atoms with Crippen LogP contribution in [0, 0.1) is 0 Å². The zero-order valence-corrected chi connectivity index (χ0v) is 13.2. The Morgan fingerprint density at radius 1 is 1.23 bits per heavy atom. The summed E-state index contributed by atoms with van der Waals surface area (Å²) in [4.78, 5) is 12.9. The Morgan fingerprint density at radius 2 is 1.86 bits per heavy atom. The van der Waals surface area contributed by atoms with Crippen molar-refractivity contribution in [1.82, 2.24) is 4.90 Å². The summed E-state index contributed by atoms with van der Waals surface area (Å²) in [6.45, 7) is 2.20. The van der Waals surface area contributed by atoms with Gasteiger partial charge in [-0.3, -0.25) is 0 Å². The topological polar surface area (TPSA) is 49.8 Å². The van der Waals surface area contributed by atoms with Crippen molar-refractivity contribution in [3.8, 4) is 5.75 Å². The standard InChI is InChI=1S/C18H25NO3/c1-2-3-4-13-5-9-16(10-6-13)22-17-11-14-7-8-15(12-17)19(14)18(20)21/h5-6,9-10,14-15,17H,2-4,7-8,11-12H2,1H3,(H,20,21). The molecular weight excluding hydrogens is 278 g/mol. The normalized spacial score (nSPS) is 27.0. The van der Waals surface area contributed by atoms with E-state index in [1.165, 1.54) is 18.4 Å². The van der Waals surface area contributed by atoms with Crippen LogP contribution < -0.4 is 4.74 Å². The third kappa shape index (κ3) is 3.21. The average molecular weight is 303 g/mol. The van der Waals surface area contributed by atoms with Crippen molar-refractivity contribution in [3.63, 3.8) is 0 Å². The summed E-state index contributed by atoms with van der Waals surface area (Å²) in [5.41, 5.74) is 1.36. The molecule has 2 saturated heterocycles. The van der Waals surface area contributed by atoms with Crippen molar-refractivity contribution in [3.05, 3.63) is 29.8 Å². The first-order valence-electron chi connectivity index (χ1n) is 8.44. The van der Waals surface area contributed by atoms with Crippen LogP contribution in [0.1, 0.15) is 51.0 Å². The first-order chi connectivity index (χ1) is 10.7. The molecule has 2 unspecified atom stereocenters. The average Bonchev–Trinajstić information content (AvgIpc) is 2.79. The van der Waals surface area contributed by atoms with Gasteiger partial charge in [0.25, 0.3) is 0 Å². The minimum Gasteiger partial charge on any atom is -0.490 e. The van der Waals surface area contributed by atoms with Crippen molar-refractivity contribution in [1.29, 1.82) is 0 Å². The maximum absolute atomic E-state index is 11.3. The highest BCUT2D eigenvalue weighted by molar-refractivity contribution is 5.66. The Labute approximate surface area is 132 Å². The van der Waals surface area contributed by atoms with Crippen molar-refractivity contribution in [2.24, 2.45) is 0 Å². The lowest BCUT2D eigenvalue weighted by Crippen LogP contribution is -2.48. The van der Waals surface area contributed by atoms with Gasteiger partial charge in [0.1, 0.15) is 11.9 Å². The Kier molecular flexibility index (Phi) is 4.55. The van der Waals surface area contributed by atoms with E-state index in [2.05, 4.69) is 31.2 Å². The number of amides is 1. The molecule has 22 heavy (non-hydrogen) atoms. The highest BCUT2D eigenvalue weighted by atomic mass is 16.5. The second-order valence-corrected chi connectivity index (χ2v) is 6.53. The number of carboxylic acid groups (broad SMARTS) is 1. The van der Waals surface area contributed by atoms with Crippen LogP contribution in [0.2, 0.25) is 0 Å². The zero-order chi connectivity index (χ0) is 15.5. The second kappa shape index (κ2) is 6.59. The molecule has 2 aliphatic rings. The molecule has 2 bridgehead atoms. The molecule has 4 heteroatoms. The highest BCUT2D eigenvalue weighted by Crippen LogP contribution is 2.37. The van der Waals surface area contributed by atoms with Crippen LogP contribution >= 0.6 is 0 Å². The third-order valence-electron chi connectivity index (χ3n) is 4.96. The molecule has 0 aliphatic carbocycles. The van der Waals surface area contributed by atoms with Crippen molar-refractivity contribution < 1.29 is 14.6 Å². The molecule has 1 N–H and O–H groups in total. The maximum Gasteiger partial charge on any atom is 0.407 e. The van der Waals surface area contributed by atoms with E-state index in [1.54, 1.807) is 4.90 Å². The second-order valence-electron chi connectivity index (χ2n) is 6.53. The molecule has 2 heterocycles. The van der Waals surface area contributed by atoms with E-state index in [4.69, 9.17) is 4.74 Å². The van der Waals surface area contributed by atoms with E-state index < -0.39 is 6.09 Å². The van der Waals surface area contributed by atoms with E-state index in [0.29, 0.717) is 0 Å². The summed E-state index contributed by atoms with van der Waals surface area (Å²) in [5, 5.41) is 9.28. The number of aryl methyl sites for hydroxylation is 1. The predicted octanol–water partition coefficient (Wildman–Crippen LogP) is 4.08. The van der Waals surface area contributed by atoms with Crippen LogP contribution in [0.25, 0.3) is 0 Å². The summed E-state index contributed by atoms with van der Waals surface area (Å²) in [6.07, 6.45) is 6.53. The van der Waals surface area contributed by atoms with Crippen LogP contribution in [-0.4, -0.2) is 34.3 Å². The lowest BCUT2D eigenvalue weighted by Gasteiger charge is -2.37. The van der Waals surface area contributed by atoms with Gasteiger partial charge in [-0.2, -0.15) is 0 Å². The molecule has 1 aromatic rings. The molecule has 120 valence electrons. The van der Waals surface area contributed by atoms with E-state index in [-0.39, 0.29) is 18.2 Å². The Bertz CT molecular complexity index is 500. The van der Waals surface area contributed by atoms with Gasteiger partial charge in [-0.05, 0) is 43.4 Å². The first kappa shape index (κ1) is 15.2. The van der Waals surface area contributed by atoms with Gasteiger partial charge >= 0.3 is 6.09 Å². The van der Waals surface area contributed by atoms with Crippen LogP contribution in [-0.2, 0) is 6.42 Å². The lowest BCUT2D eigenvalue weighted by atomic mass is 10.00. The van der Waals surface area contributed by atoms with Crippen LogP contribution in [0.5, 0.6) is 5.75 Å². The van der Waals surface area contributed by atoms with Crippen LogP contribution in [0.15, 0.2) is 24.3 Å². The lowest BCUT2D eigenvalue weighted by molar-refractivity contribution is 0.0496. The minimum absolute atomic E-state index is 0.144. The SMILES string of the molecule is CCCCc1ccc(OC2CC3CCC(C2)N3C(=O)O)cc1. The predicted molar refractivity (Wildman–Crippen MR) is 85.4 cm³/mol. The molecule has 2 atom stereocenters. The quantitative estimate of drug-likeness (QED) is 0.891. The van der Waals surface area contributed by atoms with E-state index in [1.807, 2.05) is 0 Å². The maximum atomic E-state index is 11.3. The number of fused-ring (bicyclic) bond motifs is 2. The minimum atomic E-state index is -0.772. The number of piperidine rings is 1.